The molecule has 3 N–H and O–H groups in total. The summed E-state index contributed by atoms with van der Waals surface area (Å²) in [5.74, 6) is 5.12. The van der Waals surface area contributed by atoms with Gasteiger partial charge in [-0.05, 0) is 45.0 Å². The molecule has 1 amide bonds. The third-order valence-corrected chi connectivity index (χ3v) is 4.07. The Morgan fingerprint density at radius 2 is 1.91 bits per heavy atom. The molecule has 0 bridgehead atoms. The first-order valence-corrected chi connectivity index (χ1v) is 9.91. The number of halogens is 1. The molecule has 0 aliphatic rings. The molecule has 0 aromatic heterocycles. The molecule has 32 heavy (non-hydrogen) atoms. The maximum Gasteiger partial charge on any atom is 0.408 e. The molecule has 0 fully saturated rings. The van der Waals surface area contributed by atoms with Gasteiger partial charge in [0.15, 0.2) is 0 Å². The normalized spacial score (nSPS) is 11.5. The van der Waals surface area contributed by atoms with E-state index >= 15 is 0 Å². The predicted molar refractivity (Wildman–Crippen MR) is 118 cm³/mol. The van der Waals surface area contributed by atoms with Crippen molar-refractivity contribution in [3.8, 4) is 17.6 Å². The van der Waals surface area contributed by atoms with Crippen LogP contribution in [0.5, 0.6) is 5.75 Å². The number of rotatable bonds is 6. The second kappa shape index (κ2) is 11.0. The summed E-state index contributed by atoms with van der Waals surface area (Å²) >= 11 is 0. The van der Waals surface area contributed by atoms with Crippen LogP contribution in [0.25, 0.3) is 0 Å². The first-order chi connectivity index (χ1) is 15.1. The number of nitrogen functional groups attached to an aromatic ring is 1. The fourth-order valence-electron chi connectivity index (χ4n) is 2.57. The van der Waals surface area contributed by atoms with E-state index in [2.05, 4.69) is 17.2 Å². The highest BCUT2D eigenvalue weighted by atomic mass is 19.1. The topological polar surface area (TPSA) is 99.9 Å². The van der Waals surface area contributed by atoms with Crippen molar-refractivity contribution in [2.45, 2.75) is 45.4 Å². The van der Waals surface area contributed by atoms with Gasteiger partial charge in [0.25, 0.3) is 0 Å². The highest BCUT2D eigenvalue weighted by molar-refractivity contribution is 5.81. The number of carbonyl (C=O) groups is 2. The number of ether oxygens (including phenoxy) is 3. The quantitative estimate of drug-likeness (QED) is 0.401. The number of hydrogen-bond acceptors (Lipinski definition) is 6. The lowest BCUT2D eigenvalue weighted by atomic mass is 10.1. The Hall–Kier alpha value is -3.73. The lowest BCUT2D eigenvalue weighted by Crippen LogP contribution is -2.43. The lowest BCUT2D eigenvalue weighted by molar-refractivity contribution is -0.143. The Labute approximate surface area is 187 Å². The summed E-state index contributed by atoms with van der Waals surface area (Å²) < 4.78 is 29.2. The van der Waals surface area contributed by atoms with E-state index in [0.29, 0.717) is 22.6 Å². The number of esters is 1. The summed E-state index contributed by atoms with van der Waals surface area (Å²) in [6, 6.07) is 10.3. The summed E-state index contributed by atoms with van der Waals surface area (Å²) in [4.78, 5) is 23.9. The van der Waals surface area contributed by atoms with E-state index < -0.39 is 23.7 Å². The van der Waals surface area contributed by atoms with Crippen molar-refractivity contribution in [3.05, 3.63) is 59.4 Å². The molecule has 2 aromatic carbocycles. The third kappa shape index (κ3) is 7.84. The van der Waals surface area contributed by atoms with Gasteiger partial charge in [0, 0.05) is 17.5 Å². The minimum atomic E-state index is -0.983. The van der Waals surface area contributed by atoms with Crippen molar-refractivity contribution in [1.82, 2.24) is 5.32 Å². The molecule has 170 valence electrons. The van der Waals surface area contributed by atoms with E-state index in [1.165, 1.54) is 13.2 Å². The molecule has 0 radical (unpaired) electrons. The van der Waals surface area contributed by atoms with Gasteiger partial charge in [-0.1, -0.05) is 30.0 Å². The zero-order valence-corrected chi connectivity index (χ0v) is 18.5. The van der Waals surface area contributed by atoms with Crippen molar-refractivity contribution in [2.24, 2.45) is 0 Å². The Kier molecular flexibility index (Phi) is 8.47. The van der Waals surface area contributed by atoms with Gasteiger partial charge in [0.1, 0.15) is 29.8 Å². The summed E-state index contributed by atoms with van der Waals surface area (Å²) in [5.41, 5.74) is 6.65. The van der Waals surface area contributed by atoms with Gasteiger partial charge in [-0.2, -0.15) is 0 Å². The minimum absolute atomic E-state index is 0.0113. The predicted octanol–water partition coefficient (Wildman–Crippen LogP) is 3.79. The highest BCUT2D eigenvalue weighted by Gasteiger charge is 2.24. The average molecular weight is 442 g/mol. The van der Waals surface area contributed by atoms with Crippen LogP contribution in [0.3, 0.4) is 0 Å². The third-order valence-electron chi connectivity index (χ3n) is 4.07. The number of nitrogens with two attached hydrogens (primary N) is 1. The van der Waals surface area contributed by atoms with Crippen LogP contribution in [0.4, 0.5) is 14.9 Å². The molecular formula is C24H27FN2O5. The Morgan fingerprint density at radius 3 is 2.53 bits per heavy atom. The molecule has 0 saturated heterocycles. The Morgan fingerprint density at radius 1 is 1.19 bits per heavy atom. The average Bonchev–Trinajstić information content (AvgIpc) is 2.71. The zero-order chi connectivity index (χ0) is 23.7. The van der Waals surface area contributed by atoms with Gasteiger partial charge in [-0.3, -0.25) is 0 Å². The number of anilines is 1. The zero-order valence-electron chi connectivity index (χ0n) is 18.5. The standard InChI is InChI=1S/C24H27FN2O5/c1-24(2,3)32-23(29)27-20(22(28)30-4)11-7-8-16-12-13-21(19(26)14-16)31-15-17-9-5-6-10-18(17)25/h5-6,9-10,12-14,20H,11,15,26H2,1-4H3,(H,27,29)/t20-/m0/s1. The SMILES string of the molecule is COC(=O)[C@H](CC#Cc1ccc(OCc2ccccc2F)c(N)c1)NC(=O)OC(C)(C)C. The molecule has 8 heteroatoms. The number of carbonyl (C=O) groups excluding carboxylic acids is 2. The first kappa shape index (κ1) is 24.5. The highest BCUT2D eigenvalue weighted by Crippen LogP contribution is 2.23. The van der Waals surface area contributed by atoms with Crippen LogP contribution in [0.2, 0.25) is 0 Å². The number of benzene rings is 2. The molecule has 0 unspecified atom stereocenters. The van der Waals surface area contributed by atoms with E-state index in [9.17, 15) is 14.0 Å². The molecule has 0 spiro atoms. The van der Waals surface area contributed by atoms with Gasteiger partial charge in [-0.15, -0.1) is 0 Å². The Balaban J connectivity index is 2.01. The maximum atomic E-state index is 13.7. The summed E-state index contributed by atoms with van der Waals surface area (Å²) in [7, 11) is 1.22. The van der Waals surface area contributed by atoms with Gasteiger partial charge in [-0.25, -0.2) is 14.0 Å². The van der Waals surface area contributed by atoms with Crippen LogP contribution < -0.4 is 15.8 Å². The van der Waals surface area contributed by atoms with Crippen LogP contribution in [-0.4, -0.2) is 30.8 Å². The molecule has 0 heterocycles. The van der Waals surface area contributed by atoms with Crippen LogP contribution in [0.15, 0.2) is 42.5 Å². The van der Waals surface area contributed by atoms with Crippen LogP contribution in [-0.2, 0) is 20.9 Å². The van der Waals surface area contributed by atoms with Crippen molar-refractivity contribution >= 4 is 17.7 Å². The van der Waals surface area contributed by atoms with Gasteiger partial charge >= 0.3 is 12.1 Å². The molecular weight excluding hydrogens is 415 g/mol. The van der Waals surface area contributed by atoms with E-state index in [1.54, 1.807) is 57.2 Å². The molecule has 7 nitrogen and oxygen atoms in total. The van der Waals surface area contributed by atoms with Gasteiger partial charge in [0.2, 0.25) is 0 Å². The summed E-state index contributed by atoms with van der Waals surface area (Å²) in [5, 5.41) is 2.45. The second-order valence-electron chi connectivity index (χ2n) is 7.86. The summed E-state index contributed by atoms with van der Waals surface area (Å²) in [6.45, 7) is 5.19. The molecule has 2 rings (SSSR count). The number of methoxy groups -OCH3 is 1. The number of alkyl carbamates (subject to hydrolysis) is 1. The van der Waals surface area contributed by atoms with Crippen molar-refractivity contribution in [2.75, 3.05) is 12.8 Å². The fourth-order valence-corrected chi connectivity index (χ4v) is 2.57. The molecule has 2 aromatic rings. The number of nitrogens with one attached hydrogen (secondary N) is 1. The van der Waals surface area contributed by atoms with E-state index in [-0.39, 0.29) is 18.8 Å². The monoisotopic (exact) mass is 442 g/mol. The van der Waals surface area contributed by atoms with Crippen LogP contribution in [0.1, 0.15) is 38.3 Å². The van der Waals surface area contributed by atoms with Crippen LogP contribution in [0, 0.1) is 17.7 Å². The lowest BCUT2D eigenvalue weighted by Gasteiger charge is -2.21. The maximum absolute atomic E-state index is 13.7. The fraction of sp³-hybridized carbons (Fsp3) is 0.333. The van der Waals surface area contributed by atoms with Crippen molar-refractivity contribution < 1.29 is 28.2 Å². The first-order valence-electron chi connectivity index (χ1n) is 9.91. The van der Waals surface area contributed by atoms with E-state index in [4.69, 9.17) is 19.9 Å². The number of amides is 1. The van der Waals surface area contributed by atoms with Gasteiger partial charge in [0.05, 0.1) is 12.8 Å². The second-order valence-corrected chi connectivity index (χ2v) is 7.86. The smallest absolute Gasteiger partial charge is 0.408 e. The van der Waals surface area contributed by atoms with Crippen molar-refractivity contribution in [1.29, 1.82) is 0 Å². The molecule has 0 aliphatic carbocycles. The van der Waals surface area contributed by atoms with E-state index in [1.807, 2.05) is 0 Å². The number of hydrogen-bond donors (Lipinski definition) is 2. The van der Waals surface area contributed by atoms with Crippen LogP contribution >= 0.6 is 0 Å². The minimum Gasteiger partial charge on any atom is -0.487 e. The molecule has 0 saturated carbocycles. The Bertz CT molecular complexity index is 1020. The van der Waals surface area contributed by atoms with Crippen molar-refractivity contribution in [3.63, 3.8) is 0 Å². The van der Waals surface area contributed by atoms with Gasteiger partial charge < -0.3 is 25.3 Å². The van der Waals surface area contributed by atoms with E-state index in [0.717, 1.165) is 0 Å². The molecule has 0 aliphatic heterocycles. The largest absolute Gasteiger partial charge is 0.487 e. The molecule has 1 atom stereocenters. The summed E-state index contributed by atoms with van der Waals surface area (Å²) in [6.07, 6.45) is -0.729.